The van der Waals surface area contributed by atoms with Crippen LogP contribution in [0.5, 0.6) is 0 Å². The highest BCUT2D eigenvalue weighted by molar-refractivity contribution is 5.95. The number of aromatic amines is 1. The number of H-pyrrole nitrogens is 1. The van der Waals surface area contributed by atoms with Crippen LogP contribution in [0.3, 0.4) is 0 Å². The van der Waals surface area contributed by atoms with E-state index in [0.29, 0.717) is 29.6 Å². The second kappa shape index (κ2) is 7.12. The van der Waals surface area contributed by atoms with Crippen LogP contribution < -0.4 is 10.9 Å². The molecule has 10 heteroatoms. The van der Waals surface area contributed by atoms with Crippen molar-refractivity contribution >= 4 is 17.1 Å². The van der Waals surface area contributed by atoms with Gasteiger partial charge in [0.15, 0.2) is 5.82 Å². The van der Waals surface area contributed by atoms with Gasteiger partial charge in [-0.15, -0.1) is 0 Å². The van der Waals surface area contributed by atoms with Crippen LogP contribution in [0.2, 0.25) is 0 Å². The lowest BCUT2D eigenvalue weighted by molar-refractivity contribution is 0.240. The van der Waals surface area contributed by atoms with Gasteiger partial charge in [-0.3, -0.25) is 4.79 Å². The number of hydrogen-bond donors (Lipinski definition) is 2. The number of nitrogens with zero attached hydrogens (tertiary/aromatic N) is 4. The van der Waals surface area contributed by atoms with Crippen molar-refractivity contribution in [2.45, 2.75) is 20.3 Å². The fraction of sp³-hybridized carbons (Fsp3) is 0.263. The summed E-state index contributed by atoms with van der Waals surface area (Å²) in [6, 6.07) is 2.46. The lowest BCUT2D eigenvalue weighted by Crippen LogP contribution is -2.30. The Morgan fingerprint density at radius 3 is 2.83 bits per heavy atom. The highest BCUT2D eigenvalue weighted by Gasteiger charge is 2.23. The van der Waals surface area contributed by atoms with Crippen LogP contribution in [0, 0.1) is 17.6 Å². The van der Waals surface area contributed by atoms with Crippen LogP contribution in [0.25, 0.3) is 28.0 Å². The number of benzene rings is 1. The van der Waals surface area contributed by atoms with E-state index in [-0.39, 0.29) is 16.9 Å². The normalized spacial score (nSPS) is 11.6. The number of pyridine rings is 1. The van der Waals surface area contributed by atoms with E-state index in [1.54, 1.807) is 0 Å². The minimum absolute atomic E-state index is 0.167. The largest absolute Gasteiger partial charge is 0.345 e. The van der Waals surface area contributed by atoms with Gasteiger partial charge >= 0.3 is 6.03 Å². The van der Waals surface area contributed by atoms with E-state index in [0.717, 1.165) is 27.9 Å². The molecule has 2 aromatic rings. The van der Waals surface area contributed by atoms with Crippen molar-refractivity contribution in [2.24, 2.45) is 5.92 Å². The Morgan fingerprint density at radius 2 is 2.10 bits per heavy atom. The molecule has 1 aromatic heterocycles. The summed E-state index contributed by atoms with van der Waals surface area (Å²) in [6.45, 7) is 4.62. The second-order valence-electron chi connectivity index (χ2n) is 7.10. The molecule has 2 N–H and O–H groups in total. The molecule has 29 heavy (non-hydrogen) atoms. The molecule has 1 aromatic carbocycles. The first-order valence-corrected chi connectivity index (χ1v) is 9.08. The van der Waals surface area contributed by atoms with Crippen LogP contribution in [-0.2, 0) is 0 Å². The molecule has 1 amide bonds. The lowest BCUT2D eigenvalue weighted by atomic mass is 10.1. The Hall–Kier alpha value is -3.56. The third-order valence-electron chi connectivity index (χ3n) is 4.58. The molecule has 0 unspecified atom stereocenters. The summed E-state index contributed by atoms with van der Waals surface area (Å²) in [5.41, 5.74) is 0.0656. The fourth-order valence-corrected chi connectivity index (χ4v) is 3.06. The Balaban J connectivity index is 1.77. The summed E-state index contributed by atoms with van der Waals surface area (Å²) in [5, 5.41) is 11.5. The molecule has 0 atom stereocenters. The summed E-state index contributed by atoms with van der Waals surface area (Å²) >= 11 is 0. The van der Waals surface area contributed by atoms with E-state index < -0.39 is 23.2 Å². The molecular weight excluding hydrogens is 382 g/mol. The molecule has 3 heterocycles. The number of carbonyl (C=O) groups excluding carboxylic acids is 1. The van der Waals surface area contributed by atoms with Gasteiger partial charge in [0.05, 0.1) is 17.1 Å². The number of fused-ring (bicyclic) bond motifs is 3. The summed E-state index contributed by atoms with van der Waals surface area (Å²) in [6.07, 6.45) is 3.63. The monoisotopic (exact) mass is 400 g/mol. The Morgan fingerprint density at radius 1 is 1.31 bits per heavy atom. The number of amides is 1. The third-order valence-corrected chi connectivity index (χ3v) is 4.58. The maximum Gasteiger partial charge on any atom is 0.344 e. The molecular formula is C19H18F2N6O2. The van der Waals surface area contributed by atoms with Crippen LogP contribution in [-0.4, -0.2) is 37.1 Å². The van der Waals surface area contributed by atoms with Crippen LogP contribution in [0.1, 0.15) is 20.3 Å². The molecule has 4 rings (SSSR count). The Kier molecular flexibility index (Phi) is 4.61. The number of nitrogens with one attached hydrogen (secondary N) is 2. The molecule has 0 saturated heterocycles. The maximum atomic E-state index is 14.1. The van der Waals surface area contributed by atoms with Gasteiger partial charge in [0.2, 0.25) is 0 Å². The predicted octanol–water partition coefficient (Wildman–Crippen LogP) is 2.90. The Bertz CT molecular complexity index is 1240. The average molecular weight is 400 g/mol. The molecule has 8 nitrogen and oxygen atoms in total. The molecule has 0 saturated carbocycles. The van der Waals surface area contributed by atoms with Crippen molar-refractivity contribution in [2.75, 3.05) is 6.54 Å². The zero-order chi connectivity index (χ0) is 20.7. The van der Waals surface area contributed by atoms with Gasteiger partial charge in [0.1, 0.15) is 22.8 Å². The first kappa shape index (κ1) is 18.8. The van der Waals surface area contributed by atoms with E-state index in [1.807, 2.05) is 0 Å². The molecule has 150 valence electrons. The number of carbonyl (C=O) groups is 1. The topological polar surface area (TPSA) is 97.6 Å². The van der Waals surface area contributed by atoms with Crippen molar-refractivity contribution in [1.82, 2.24) is 29.9 Å². The summed E-state index contributed by atoms with van der Waals surface area (Å²) in [4.78, 5) is 28.0. The summed E-state index contributed by atoms with van der Waals surface area (Å²) < 4.78 is 29.3. The van der Waals surface area contributed by atoms with Crippen LogP contribution >= 0.6 is 0 Å². The lowest BCUT2D eigenvalue weighted by Gasteiger charge is -2.07. The van der Waals surface area contributed by atoms with Gasteiger partial charge in [-0.05, 0) is 24.5 Å². The van der Waals surface area contributed by atoms with E-state index in [4.69, 9.17) is 0 Å². The minimum Gasteiger partial charge on any atom is -0.345 e. The molecule has 0 spiro atoms. The quantitative estimate of drug-likeness (QED) is 0.550. The van der Waals surface area contributed by atoms with Crippen LogP contribution in [0.4, 0.5) is 13.6 Å². The minimum atomic E-state index is -0.907. The van der Waals surface area contributed by atoms with Gasteiger partial charge < -0.3 is 10.3 Å². The number of rotatable bonds is 4. The Labute approximate surface area is 163 Å². The molecule has 0 fully saturated rings. The third kappa shape index (κ3) is 3.26. The highest BCUT2D eigenvalue weighted by Crippen LogP contribution is 2.26. The van der Waals surface area contributed by atoms with Crippen molar-refractivity contribution < 1.29 is 13.6 Å². The number of hydrogen-bond acceptors (Lipinski definition) is 4. The number of halogens is 2. The van der Waals surface area contributed by atoms with Crippen LogP contribution in [0.15, 0.2) is 35.4 Å². The van der Waals surface area contributed by atoms with Gasteiger partial charge in [-0.25, -0.2) is 13.6 Å². The van der Waals surface area contributed by atoms with E-state index in [2.05, 4.69) is 34.3 Å². The molecule has 2 aliphatic rings. The summed E-state index contributed by atoms with van der Waals surface area (Å²) in [5.74, 6) is -1.21. The zero-order valence-electron chi connectivity index (χ0n) is 15.7. The van der Waals surface area contributed by atoms with Crippen molar-refractivity contribution in [3.63, 3.8) is 0 Å². The molecule has 0 radical (unpaired) electrons. The van der Waals surface area contributed by atoms with Gasteiger partial charge in [-0.1, -0.05) is 13.8 Å². The highest BCUT2D eigenvalue weighted by atomic mass is 19.1. The smallest absolute Gasteiger partial charge is 0.344 e. The maximum absolute atomic E-state index is 14.1. The predicted molar refractivity (Wildman–Crippen MR) is 102 cm³/mol. The first-order valence-electron chi connectivity index (χ1n) is 9.08. The number of aromatic nitrogens is 5. The average Bonchev–Trinajstić information content (AvgIpc) is 3.23. The fourth-order valence-electron chi connectivity index (χ4n) is 3.06. The summed E-state index contributed by atoms with van der Waals surface area (Å²) in [7, 11) is 0. The van der Waals surface area contributed by atoms with E-state index >= 15 is 0 Å². The zero-order valence-corrected chi connectivity index (χ0v) is 15.7. The van der Waals surface area contributed by atoms with Gasteiger partial charge in [-0.2, -0.15) is 19.6 Å². The standard InChI is InChI=1S/C19H18F2N6O2/c1-10(2)5-6-22-19(29)27-17-12(9-24-27)16-13(8-23-17)18(28)26(25-16)15-4-3-11(20)7-14(15)21/h3-4,7-10,23H,5-6H2,1-2H3,(H,22,29). The van der Waals surface area contributed by atoms with Crippen molar-refractivity contribution in [3.05, 3.63) is 52.6 Å². The van der Waals surface area contributed by atoms with Crippen molar-refractivity contribution in [3.8, 4) is 16.9 Å². The molecule has 0 aliphatic carbocycles. The first-order chi connectivity index (χ1) is 13.9. The van der Waals surface area contributed by atoms with E-state index in [9.17, 15) is 18.4 Å². The van der Waals surface area contributed by atoms with E-state index in [1.165, 1.54) is 12.4 Å². The SMILES string of the molecule is CC(C)CCNC(=O)n1ncc2c3nn(-c4ccc(F)cc4F)c(=O)c-3c[nH]c21. The van der Waals surface area contributed by atoms with Gasteiger partial charge in [0, 0.05) is 18.8 Å². The molecule has 2 aliphatic heterocycles. The van der Waals surface area contributed by atoms with Crippen molar-refractivity contribution in [1.29, 1.82) is 0 Å². The molecule has 0 bridgehead atoms. The van der Waals surface area contributed by atoms with Gasteiger partial charge in [0.25, 0.3) is 5.56 Å². The second-order valence-corrected chi connectivity index (χ2v) is 7.10.